The van der Waals surface area contributed by atoms with Gasteiger partial charge in [0.25, 0.3) is 0 Å². The van der Waals surface area contributed by atoms with Crippen LogP contribution in [0.1, 0.15) is 28.9 Å². The number of carbonyl (C=O) groups excluding carboxylic acids is 1. The number of ketones is 1. The van der Waals surface area contributed by atoms with Crippen molar-refractivity contribution in [1.29, 1.82) is 0 Å². The summed E-state index contributed by atoms with van der Waals surface area (Å²) in [4.78, 5) is 18.0. The van der Waals surface area contributed by atoms with Gasteiger partial charge in [0.15, 0.2) is 5.78 Å². The molecule has 0 amide bonds. The summed E-state index contributed by atoms with van der Waals surface area (Å²) in [6.45, 7) is 2.66. The van der Waals surface area contributed by atoms with Crippen LogP contribution in [0.5, 0.6) is 0 Å². The first kappa shape index (κ1) is 13.7. The van der Waals surface area contributed by atoms with Crippen LogP contribution in [0.3, 0.4) is 0 Å². The fourth-order valence-electron chi connectivity index (χ4n) is 3.29. The molecule has 1 aromatic rings. The first-order valence-corrected chi connectivity index (χ1v) is 8.53. The summed E-state index contributed by atoms with van der Waals surface area (Å²) in [6.07, 6.45) is 3.82. The Morgan fingerprint density at radius 3 is 2.95 bits per heavy atom. The van der Waals surface area contributed by atoms with Gasteiger partial charge in [-0.3, -0.25) is 14.6 Å². The molecule has 3 rings (SSSR count). The van der Waals surface area contributed by atoms with Crippen LogP contribution in [0.4, 0.5) is 0 Å². The molecule has 19 heavy (non-hydrogen) atoms. The van der Waals surface area contributed by atoms with Crippen molar-refractivity contribution < 1.29 is 4.79 Å². The molecule has 0 saturated carbocycles. The number of Topliss-reactive ketones (excluding diaryl/α,β-unsaturated/α-hetero) is 1. The highest BCUT2D eigenvalue weighted by atomic mass is 79.9. The molecule has 2 aliphatic rings. The topological polar surface area (TPSA) is 23.6 Å². The molecular weight excluding hydrogens is 324 g/mol. The molecule has 0 radical (unpaired) electrons. The van der Waals surface area contributed by atoms with Gasteiger partial charge < -0.3 is 0 Å². The minimum Gasteiger partial charge on any atom is -0.299 e. The fraction of sp³-hybridized carbons (Fsp3) is 0.643. The molecule has 2 fully saturated rings. The van der Waals surface area contributed by atoms with Crippen LogP contribution in [-0.2, 0) is 0 Å². The van der Waals surface area contributed by atoms with Gasteiger partial charge in [-0.15, -0.1) is 11.3 Å². The third-order valence-electron chi connectivity index (χ3n) is 4.47. The lowest BCUT2D eigenvalue weighted by Gasteiger charge is -2.24. The number of likely N-dealkylation sites (tertiary alicyclic amines) is 1. The number of likely N-dealkylation sites (N-methyl/N-ethyl adjacent to an activating group) is 1. The Hall–Kier alpha value is -0.230. The lowest BCUT2D eigenvalue weighted by Crippen LogP contribution is -2.38. The molecule has 2 atom stereocenters. The molecule has 2 unspecified atom stereocenters. The van der Waals surface area contributed by atoms with Crippen molar-refractivity contribution in [2.45, 2.75) is 31.3 Å². The smallest absolute Gasteiger partial charge is 0.187 e. The third-order valence-corrected chi connectivity index (χ3v) is 6.35. The average molecular weight is 343 g/mol. The summed E-state index contributed by atoms with van der Waals surface area (Å²) in [6, 6.07) is 3.33. The summed E-state index contributed by atoms with van der Waals surface area (Å²) in [7, 11) is 2.24. The first-order valence-electron chi connectivity index (χ1n) is 6.85. The second-order valence-electron chi connectivity index (χ2n) is 5.60. The summed E-state index contributed by atoms with van der Waals surface area (Å²) >= 11 is 4.99. The zero-order valence-electron chi connectivity index (χ0n) is 11.1. The monoisotopic (exact) mass is 342 g/mol. The van der Waals surface area contributed by atoms with Crippen LogP contribution in [0, 0.1) is 0 Å². The summed E-state index contributed by atoms with van der Waals surface area (Å²) < 4.78 is 0.941. The molecule has 2 aliphatic heterocycles. The summed E-state index contributed by atoms with van der Waals surface area (Å²) in [5, 5.41) is 1.97. The van der Waals surface area contributed by atoms with Crippen molar-refractivity contribution in [3.63, 3.8) is 0 Å². The number of halogens is 1. The van der Waals surface area contributed by atoms with Gasteiger partial charge in [0.2, 0.25) is 0 Å². The summed E-state index contributed by atoms with van der Waals surface area (Å²) in [5.41, 5.74) is 0. The van der Waals surface area contributed by atoms with E-state index in [1.807, 2.05) is 11.4 Å². The van der Waals surface area contributed by atoms with Crippen molar-refractivity contribution in [3.8, 4) is 0 Å². The van der Waals surface area contributed by atoms with Crippen LogP contribution in [0.25, 0.3) is 0 Å². The van der Waals surface area contributed by atoms with Crippen molar-refractivity contribution in [3.05, 3.63) is 20.8 Å². The molecule has 104 valence electrons. The molecule has 0 aromatic carbocycles. The van der Waals surface area contributed by atoms with E-state index in [1.165, 1.54) is 30.6 Å². The van der Waals surface area contributed by atoms with E-state index in [0.29, 0.717) is 12.6 Å². The van der Waals surface area contributed by atoms with E-state index in [1.54, 1.807) is 0 Å². The number of carbonyl (C=O) groups is 1. The maximum Gasteiger partial charge on any atom is 0.187 e. The molecule has 1 aromatic heterocycles. The van der Waals surface area contributed by atoms with Crippen molar-refractivity contribution in [1.82, 2.24) is 9.80 Å². The second-order valence-corrected chi connectivity index (χ2v) is 7.37. The third kappa shape index (κ3) is 2.79. The molecule has 2 saturated heterocycles. The zero-order valence-corrected chi connectivity index (χ0v) is 13.5. The van der Waals surface area contributed by atoms with E-state index in [2.05, 4.69) is 32.8 Å². The molecular formula is C14H19BrN2OS. The highest BCUT2D eigenvalue weighted by Gasteiger charge is 2.35. The van der Waals surface area contributed by atoms with Gasteiger partial charge in [0.05, 0.1) is 11.4 Å². The van der Waals surface area contributed by atoms with E-state index < -0.39 is 0 Å². The first-order chi connectivity index (χ1) is 9.15. The Balaban J connectivity index is 1.65. The van der Waals surface area contributed by atoms with Crippen LogP contribution in [0.2, 0.25) is 0 Å². The van der Waals surface area contributed by atoms with E-state index in [9.17, 15) is 4.79 Å². The fourth-order valence-corrected chi connectivity index (χ4v) is 4.82. The number of hydrogen-bond donors (Lipinski definition) is 0. The van der Waals surface area contributed by atoms with Gasteiger partial charge in [0.1, 0.15) is 0 Å². The normalized spacial score (nSPS) is 28.5. The van der Waals surface area contributed by atoms with E-state index >= 15 is 0 Å². The highest BCUT2D eigenvalue weighted by molar-refractivity contribution is 9.10. The Morgan fingerprint density at radius 1 is 1.42 bits per heavy atom. The van der Waals surface area contributed by atoms with Gasteiger partial charge >= 0.3 is 0 Å². The minimum atomic E-state index is 0.252. The van der Waals surface area contributed by atoms with Gasteiger partial charge in [0, 0.05) is 29.6 Å². The van der Waals surface area contributed by atoms with Crippen LogP contribution < -0.4 is 0 Å². The molecule has 0 spiro atoms. The molecule has 3 heterocycles. The van der Waals surface area contributed by atoms with Crippen molar-refractivity contribution >= 4 is 33.0 Å². The second kappa shape index (κ2) is 5.64. The van der Waals surface area contributed by atoms with Gasteiger partial charge in [-0.25, -0.2) is 0 Å². The van der Waals surface area contributed by atoms with E-state index in [-0.39, 0.29) is 5.78 Å². The Morgan fingerprint density at radius 2 is 2.21 bits per heavy atom. The van der Waals surface area contributed by atoms with Gasteiger partial charge in [-0.2, -0.15) is 0 Å². The SMILES string of the molecule is CN1C2CCC1CN(CC(=O)c1sccc1Br)CC2. The quantitative estimate of drug-likeness (QED) is 0.789. The number of rotatable bonds is 3. The maximum atomic E-state index is 12.3. The van der Waals surface area contributed by atoms with Crippen LogP contribution >= 0.6 is 27.3 Å². The molecule has 2 bridgehead atoms. The van der Waals surface area contributed by atoms with Crippen LogP contribution in [0.15, 0.2) is 15.9 Å². The summed E-state index contributed by atoms with van der Waals surface area (Å²) in [5.74, 6) is 0.252. The van der Waals surface area contributed by atoms with Crippen LogP contribution in [-0.4, -0.2) is 54.3 Å². The Kier molecular flexibility index (Phi) is 4.08. The van der Waals surface area contributed by atoms with Crippen molar-refractivity contribution in [2.24, 2.45) is 0 Å². The zero-order chi connectivity index (χ0) is 13.4. The molecule has 0 N–H and O–H groups in total. The van der Waals surface area contributed by atoms with Gasteiger partial charge in [-0.1, -0.05) is 0 Å². The van der Waals surface area contributed by atoms with Gasteiger partial charge in [-0.05, 0) is 53.7 Å². The Bertz CT molecular complexity index is 476. The predicted molar refractivity (Wildman–Crippen MR) is 82.0 cm³/mol. The lowest BCUT2D eigenvalue weighted by atomic mass is 10.1. The lowest BCUT2D eigenvalue weighted by molar-refractivity contribution is 0.0926. The van der Waals surface area contributed by atoms with E-state index in [4.69, 9.17) is 0 Å². The molecule has 0 aliphatic carbocycles. The van der Waals surface area contributed by atoms with Crippen molar-refractivity contribution in [2.75, 3.05) is 26.7 Å². The largest absolute Gasteiger partial charge is 0.299 e. The minimum absolute atomic E-state index is 0.252. The predicted octanol–water partition coefficient (Wildman–Crippen LogP) is 2.86. The maximum absolute atomic E-state index is 12.3. The number of fused-ring (bicyclic) bond motifs is 2. The Labute approximate surface area is 126 Å². The number of nitrogens with zero attached hydrogens (tertiary/aromatic N) is 2. The number of hydrogen-bond acceptors (Lipinski definition) is 4. The van der Waals surface area contributed by atoms with E-state index in [0.717, 1.165) is 28.5 Å². The highest BCUT2D eigenvalue weighted by Crippen LogP contribution is 2.29. The molecule has 5 heteroatoms. The average Bonchev–Trinajstić information content (AvgIpc) is 2.88. The standard InChI is InChI=1S/C14H19BrN2OS/c1-16-10-2-3-11(16)8-17(6-4-10)9-13(18)14-12(15)5-7-19-14/h5,7,10-11H,2-4,6,8-9H2,1H3. The number of thiophene rings is 1. The molecule has 3 nitrogen and oxygen atoms in total.